The van der Waals surface area contributed by atoms with Crippen LogP contribution in [0.5, 0.6) is 0 Å². The van der Waals surface area contributed by atoms with Gasteiger partial charge in [0, 0.05) is 11.8 Å². The zero-order valence-electron chi connectivity index (χ0n) is 5.81. The third-order valence-corrected chi connectivity index (χ3v) is 1.86. The zero-order valence-corrected chi connectivity index (χ0v) is 5.81. The molecule has 8 heavy (non-hydrogen) atoms. The van der Waals surface area contributed by atoms with Crippen LogP contribution in [0.2, 0.25) is 0 Å². The maximum atomic E-state index is 4.39. The van der Waals surface area contributed by atoms with E-state index in [0.29, 0.717) is 6.04 Å². The van der Waals surface area contributed by atoms with E-state index in [-0.39, 0.29) is 0 Å². The summed E-state index contributed by atoms with van der Waals surface area (Å²) in [6, 6.07) is 0.579. The second-order valence-electron chi connectivity index (χ2n) is 2.79. The van der Waals surface area contributed by atoms with Crippen molar-refractivity contribution in [3.8, 4) is 0 Å². The van der Waals surface area contributed by atoms with Crippen LogP contribution in [0.15, 0.2) is 4.99 Å². The minimum Gasteiger partial charge on any atom is -0.291 e. The number of nitrogens with zero attached hydrogens (tertiary/aromatic N) is 1. The number of aliphatic imine (C=N–C) groups is 1. The summed E-state index contributed by atoms with van der Waals surface area (Å²) in [5.74, 6) is 0.787. The fourth-order valence-corrected chi connectivity index (χ4v) is 1.16. The summed E-state index contributed by atoms with van der Waals surface area (Å²) in [7, 11) is 0. The first-order chi connectivity index (χ1) is 3.70. The fraction of sp³-hybridized carbons (Fsp3) is 0.857. The highest BCUT2D eigenvalue weighted by atomic mass is 14.8. The van der Waals surface area contributed by atoms with E-state index in [4.69, 9.17) is 0 Å². The Morgan fingerprint density at radius 3 is 2.25 bits per heavy atom. The third kappa shape index (κ3) is 0.908. The molecule has 0 fully saturated rings. The Kier molecular flexibility index (Phi) is 1.37. The normalized spacial score (nSPS) is 37.6. The van der Waals surface area contributed by atoms with Gasteiger partial charge in [-0.25, -0.2) is 0 Å². The number of hydrogen-bond acceptors (Lipinski definition) is 1. The summed E-state index contributed by atoms with van der Waals surface area (Å²) in [4.78, 5) is 4.39. The molecule has 46 valence electrons. The first-order valence-corrected chi connectivity index (χ1v) is 3.23. The van der Waals surface area contributed by atoms with Gasteiger partial charge in [-0.05, 0) is 26.2 Å². The molecule has 0 saturated carbocycles. The molecule has 0 saturated heterocycles. The van der Waals surface area contributed by atoms with Gasteiger partial charge in [0.25, 0.3) is 0 Å². The Bertz CT molecular complexity index is 116. The average molecular weight is 111 g/mol. The van der Waals surface area contributed by atoms with Crippen LogP contribution in [0, 0.1) is 5.92 Å². The standard InChI is InChI=1S/C7H13N/c1-5-4-6(2)8-7(5)3/h5,7H,4H2,1-3H3. The first kappa shape index (κ1) is 5.80. The minimum atomic E-state index is 0.579. The molecular formula is C7H13N. The Morgan fingerprint density at radius 2 is 2.12 bits per heavy atom. The van der Waals surface area contributed by atoms with Crippen LogP contribution in [-0.2, 0) is 0 Å². The molecule has 1 aliphatic rings. The van der Waals surface area contributed by atoms with Crippen molar-refractivity contribution < 1.29 is 0 Å². The van der Waals surface area contributed by atoms with Crippen molar-refractivity contribution >= 4 is 5.71 Å². The van der Waals surface area contributed by atoms with Gasteiger partial charge >= 0.3 is 0 Å². The highest BCUT2D eigenvalue weighted by Gasteiger charge is 2.17. The van der Waals surface area contributed by atoms with E-state index >= 15 is 0 Å². The van der Waals surface area contributed by atoms with Gasteiger partial charge in [-0.3, -0.25) is 4.99 Å². The molecule has 1 rings (SSSR count). The van der Waals surface area contributed by atoms with Crippen LogP contribution in [0.3, 0.4) is 0 Å². The second-order valence-corrected chi connectivity index (χ2v) is 2.79. The molecule has 2 atom stereocenters. The van der Waals surface area contributed by atoms with Crippen molar-refractivity contribution in [1.82, 2.24) is 0 Å². The molecule has 0 radical (unpaired) electrons. The van der Waals surface area contributed by atoms with Crippen molar-refractivity contribution in [3.63, 3.8) is 0 Å². The summed E-state index contributed by atoms with van der Waals surface area (Å²) in [6.45, 7) is 6.55. The van der Waals surface area contributed by atoms with E-state index < -0.39 is 0 Å². The van der Waals surface area contributed by atoms with Gasteiger partial charge in [0.1, 0.15) is 0 Å². The predicted octanol–water partition coefficient (Wildman–Crippen LogP) is 1.88. The van der Waals surface area contributed by atoms with E-state index in [1.165, 1.54) is 12.1 Å². The zero-order chi connectivity index (χ0) is 6.15. The molecule has 0 aromatic rings. The monoisotopic (exact) mass is 111 g/mol. The SMILES string of the molecule is CC1=NC(C)C(C)C1. The smallest absolute Gasteiger partial charge is 0.0499 e. The quantitative estimate of drug-likeness (QED) is 0.452. The summed E-state index contributed by atoms with van der Waals surface area (Å²) >= 11 is 0. The molecule has 2 unspecified atom stereocenters. The molecule has 0 amide bonds. The Labute approximate surface area is 50.8 Å². The first-order valence-electron chi connectivity index (χ1n) is 3.23. The molecule has 0 aromatic heterocycles. The minimum absolute atomic E-state index is 0.579. The molecule has 0 aliphatic carbocycles. The van der Waals surface area contributed by atoms with Gasteiger partial charge in [-0.1, -0.05) is 6.92 Å². The van der Waals surface area contributed by atoms with Crippen molar-refractivity contribution in [2.45, 2.75) is 33.2 Å². The van der Waals surface area contributed by atoms with Crippen LogP contribution >= 0.6 is 0 Å². The lowest BCUT2D eigenvalue weighted by Gasteiger charge is -2.03. The van der Waals surface area contributed by atoms with Crippen LogP contribution in [0.1, 0.15) is 27.2 Å². The third-order valence-electron chi connectivity index (χ3n) is 1.86. The second kappa shape index (κ2) is 1.88. The van der Waals surface area contributed by atoms with Crippen LogP contribution < -0.4 is 0 Å². The summed E-state index contributed by atoms with van der Waals surface area (Å²) in [6.07, 6.45) is 1.21. The molecular weight excluding hydrogens is 98.1 g/mol. The van der Waals surface area contributed by atoms with Gasteiger partial charge in [-0.15, -0.1) is 0 Å². The van der Waals surface area contributed by atoms with E-state index in [1.54, 1.807) is 0 Å². The lowest BCUT2D eigenvalue weighted by Crippen LogP contribution is -2.03. The molecule has 0 spiro atoms. The molecule has 0 bridgehead atoms. The molecule has 1 aliphatic heterocycles. The molecule has 1 nitrogen and oxygen atoms in total. The Morgan fingerprint density at radius 1 is 1.50 bits per heavy atom. The van der Waals surface area contributed by atoms with Crippen molar-refractivity contribution in [1.29, 1.82) is 0 Å². The van der Waals surface area contributed by atoms with E-state index in [9.17, 15) is 0 Å². The van der Waals surface area contributed by atoms with Gasteiger partial charge < -0.3 is 0 Å². The van der Waals surface area contributed by atoms with E-state index in [0.717, 1.165) is 5.92 Å². The van der Waals surface area contributed by atoms with Gasteiger partial charge in [-0.2, -0.15) is 0 Å². The lowest BCUT2D eigenvalue weighted by atomic mass is 10.0. The maximum absolute atomic E-state index is 4.39. The Hall–Kier alpha value is -0.330. The molecule has 0 N–H and O–H groups in total. The number of rotatable bonds is 0. The fourth-order valence-electron chi connectivity index (χ4n) is 1.16. The average Bonchev–Trinajstić information content (AvgIpc) is 1.85. The van der Waals surface area contributed by atoms with Gasteiger partial charge in [0.2, 0.25) is 0 Å². The van der Waals surface area contributed by atoms with Crippen molar-refractivity contribution in [2.75, 3.05) is 0 Å². The molecule has 1 heterocycles. The maximum Gasteiger partial charge on any atom is 0.0499 e. The Balaban J connectivity index is 2.56. The highest BCUT2D eigenvalue weighted by molar-refractivity contribution is 5.83. The van der Waals surface area contributed by atoms with E-state index in [2.05, 4.69) is 25.8 Å². The largest absolute Gasteiger partial charge is 0.291 e. The highest BCUT2D eigenvalue weighted by Crippen LogP contribution is 2.19. The van der Waals surface area contributed by atoms with Crippen molar-refractivity contribution in [3.05, 3.63) is 0 Å². The summed E-state index contributed by atoms with van der Waals surface area (Å²) in [5, 5.41) is 0. The molecule has 0 aromatic carbocycles. The van der Waals surface area contributed by atoms with E-state index in [1.807, 2.05) is 0 Å². The predicted molar refractivity (Wildman–Crippen MR) is 36.4 cm³/mol. The van der Waals surface area contributed by atoms with Gasteiger partial charge in [0.05, 0.1) is 0 Å². The van der Waals surface area contributed by atoms with Crippen LogP contribution in [0.4, 0.5) is 0 Å². The lowest BCUT2D eigenvalue weighted by molar-refractivity contribution is 0.539. The van der Waals surface area contributed by atoms with Crippen molar-refractivity contribution in [2.24, 2.45) is 10.9 Å². The van der Waals surface area contributed by atoms with Crippen LogP contribution in [-0.4, -0.2) is 11.8 Å². The molecule has 1 heteroatoms. The van der Waals surface area contributed by atoms with Crippen LogP contribution in [0.25, 0.3) is 0 Å². The summed E-state index contributed by atoms with van der Waals surface area (Å²) in [5.41, 5.74) is 1.32. The summed E-state index contributed by atoms with van der Waals surface area (Å²) < 4.78 is 0. The van der Waals surface area contributed by atoms with Gasteiger partial charge in [0.15, 0.2) is 0 Å². The topological polar surface area (TPSA) is 12.4 Å². The number of hydrogen-bond donors (Lipinski definition) is 0.